The Morgan fingerprint density at radius 2 is 1.79 bits per heavy atom. The molecule has 0 aliphatic rings. The third-order valence-corrected chi connectivity index (χ3v) is 3.92. The molecule has 1 heterocycles. The van der Waals surface area contributed by atoms with Crippen LogP contribution in [-0.4, -0.2) is 25.0 Å². The molecule has 2 amide bonds. The van der Waals surface area contributed by atoms with Crippen LogP contribution in [0.15, 0.2) is 65.3 Å². The first kappa shape index (κ1) is 20.0. The summed E-state index contributed by atoms with van der Waals surface area (Å²) in [7, 11) is 1.48. The second-order valence-electron chi connectivity index (χ2n) is 6.50. The average molecular weight is 394 g/mol. The molecule has 7 nitrogen and oxygen atoms in total. The molecule has 29 heavy (non-hydrogen) atoms. The molecule has 0 bridgehead atoms. The van der Waals surface area contributed by atoms with E-state index in [9.17, 15) is 9.59 Å². The van der Waals surface area contributed by atoms with E-state index in [1.165, 1.54) is 13.4 Å². The van der Waals surface area contributed by atoms with Gasteiger partial charge in [-0.1, -0.05) is 6.07 Å². The van der Waals surface area contributed by atoms with E-state index in [4.69, 9.17) is 13.9 Å². The molecule has 0 saturated heterocycles. The number of rotatable bonds is 7. The van der Waals surface area contributed by atoms with Gasteiger partial charge in [-0.25, -0.2) is 0 Å². The molecule has 0 aliphatic carbocycles. The first-order valence-corrected chi connectivity index (χ1v) is 9.07. The van der Waals surface area contributed by atoms with E-state index in [2.05, 4.69) is 10.6 Å². The lowest BCUT2D eigenvalue weighted by Gasteiger charge is -2.13. The predicted octanol–water partition coefficient (Wildman–Crippen LogP) is 4.58. The number of carbonyl (C=O) groups is 2. The molecule has 150 valence electrons. The summed E-state index contributed by atoms with van der Waals surface area (Å²) in [5.41, 5.74) is 1.45. The van der Waals surface area contributed by atoms with Gasteiger partial charge < -0.3 is 24.5 Å². The maximum Gasteiger partial charge on any atom is 0.291 e. The van der Waals surface area contributed by atoms with E-state index in [1.807, 2.05) is 13.8 Å². The highest BCUT2D eigenvalue weighted by molar-refractivity contribution is 6.05. The minimum atomic E-state index is -0.396. The van der Waals surface area contributed by atoms with Gasteiger partial charge in [-0.2, -0.15) is 0 Å². The van der Waals surface area contributed by atoms with E-state index in [0.29, 0.717) is 28.4 Å². The molecule has 3 aromatic rings. The standard InChI is InChI=1S/C22H22N2O5/c1-14(2)29-17-7-4-6-15(12-17)21(25)23-16-9-10-18(20(13-16)27-3)24-22(26)19-8-5-11-28-19/h4-14H,1-3H3,(H,23,25)(H,24,26). The van der Waals surface area contributed by atoms with Gasteiger partial charge in [0.15, 0.2) is 5.76 Å². The van der Waals surface area contributed by atoms with Crippen LogP contribution in [-0.2, 0) is 0 Å². The van der Waals surface area contributed by atoms with E-state index in [0.717, 1.165) is 0 Å². The molecule has 2 N–H and O–H groups in total. The van der Waals surface area contributed by atoms with Crippen LogP contribution in [0.3, 0.4) is 0 Å². The number of ether oxygens (including phenoxy) is 2. The Kier molecular flexibility index (Phi) is 6.19. The normalized spacial score (nSPS) is 10.5. The Morgan fingerprint density at radius 3 is 2.48 bits per heavy atom. The smallest absolute Gasteiger partial charge is 0.291 e. The molecule has 0 saturated carbocycles. The summed E-state index contributed by atoms with van der Waals surface area (Å²) in [6, 6.07) is 15.1. The fourth-order valence-electron chi connectivity index (χ4n) is 2.65. The molecular weight excluding hydrogens is 372 g/mol. The first-order valence-electron chi connectivity index (χ1n) is 9.07. The molecular formula is C22H22N2O5. The van der Waals surface area contributed by atoms with Gasteiger partial charge in [-0.3, -0.25) is 9.59 Å². The summed E-state index contributed by atoms with van der Waals surface area (Å²) in [4.78, 5) is 24.7. The van der Waals surface area contributed by atoms with Crippen molar-refractivity contribution in [2.24, 2.45) is 0 Å². The van der Waals surface area contributed by atoms with Gasteiger partial charge >= 0.3 is 0 Å². The van der Waals surface area contributed by atoms with Gasteiger partial charge in [0, 0.05) is 17.3 Å². The molecule has 0 spiro atoms. The fraction of sp³-hybridized carbons (Fsp3) is 0.182. The van der Waals surface area contributed by atoms with Crippen molar-refractivity contribution in [2.75, 3.05) is 17.7 Å². The van der Waals surface area contributed by atoms with Crippen LogP contribution in [0, 0.1) is 0 Å². The van der Waals surface area contributed by atoms with Gasteiger partial charge in [0.1, 0.15) is 11.5 Å². The molecule has 0 radical (unpaired) electrons. The lowest BCUT2D eigenvalue weighted by molar-refractivity contribution is 0.0994. The third-order valence-electron chi connectivity index (χ3n) is 3.92. The van der Waals surface area contributed by atoms with Gasteiger partial charge in [-0.05, 0) is 56.3 Å². The highest BCUT2D eigenvalue weighted by atomic mass is 16.5. The average Bonchev–Trinajstić information content (AvgIpc) is 3.23. The second kappa shape index (κ2) is 8.97. The Labute approximate surface area is 168 Å². The summed E-state index contributed by atoms with van der Waals surface area (Å²) >= 11 is 0. The predicted molar refractivity (Wildman–Crippen MR) is 110 cm³/mol. The van der Waals surface area contributed by atoms with Crippen LogP contribution in [0.25, 0.3) is 0 Å². The number of hydrogen-bond donors (Lipinski definition) is 2. The van der Waals surface area contributed by atoms with E-state index < -0.39 is 5.91 Å². The molecule has 0 atom stereocenters. The van der Waals surface area contributed by atoms with Crippen LogP contribution >= 0.6 is 0 Å². The molecule has 3 rings (SSSR count). The zero-order valence-electron chi connectivity index (χ0n) is 16.4. The number of carbonyl (C=O) groups excluding carboxylic acids is 2. The second-order valence-corrected chi connectivity index (χ2v) is 6.50. The number of amides is 2. The van der Waals surface area contributed by atoms with E-state index in [-0.39, 0.29) is 17.8 Å². The number of methoxy groups -OCH3 is 1. The lowest BCUT2D eigenvalue weighted by atomic mass is 10.2. The topological polar surface area (TPSA) is 89.8 Å². The van der Waals surface area contributed by atoms with Gasteiger partial charge in [-0.15, -0.1) is 0 Å². The van der Waals surface area contributed by atoms with Crippen molar-refractivity contribution >= 4 is 23.2 Å². The number of anilines is 2. The molecule has 2 aromatic carbocycles. The van der Waals surface area contributed by atoms with Crippen molar-refractivity contribution in [2.45, 2.75) is 20.0 Å². The van der Waals surface area contributed by atoms with Gasteiger partial charge in [0.05, 0.1) is 25.2 Å². The summed E-state index contributed by atoms with van der Waals surface area (Å²) in [6.45, 7) is 3.84. The highest BCUT2D eigenvalue weighted by Crippen LogP contribution is 2.29. The van der Waals surface area contributed by atoms with Crippen molar-refractivity contribution in [3.8, 4) is 11.5 Å². The van der Waals surface area contributed by atoms with Crippen molar-refractivity contribution in [1.82, 2.24) is 0 Å². The summed E-state index contributed by atoms with van der Waals surface area (Å²) in [5.74, 6) is 0.537. The molecule has 0 fully saturated rings. The Bertz CT molecular complexity index is 996. The fourth-order valence-corrected chi connectivity index (χ4v) is 2.65. The third kappa shape index (κ3) is 5.16. The van der Waals surface area contributed by atoms with Crippen LogP contribution in [0.2, 0.25) is 0 Å². The molecule has 0 aliphatic heterocycles. The van der Waals surface area contributed by atoms with Crippen LogP contribution in [0.5, 0.6) is 11.5 Å². The minimum absolute atomic E-state index is 0.0153. The van der Waals surface area contributed by atoms with Crippen LogP contribution < -0.4 is 20.1 Å². The van der Waals surface area contributed by atoms with Gasteiger partial charge in [0.2, 0.25) is 0 Å². The van der Waals surface area contributed by atoms with Crippen LogP contribution in [0.4, 0.5) is 11.4 Å². The highest BCUT2D eigenvalue weighted by Gasteiger charge is 2.14. The van der Waals surface area contributed by atoms with Crippen LogP contribution in [0.1, 0.15) is 34.8 Å². The maximum absolute atomic E-state index is 12.6. The van der Waals surface area contributed by atoms with Gasteiger partial charge in [0.25, 0.3) is 11.8 Å². The van der Waals surface area contributed by atoms with E-state index >= 15 is 0 Å². The zero-order valence-corrected chi connectivity index (χ0v) is 16.4. The number of hydrogen-bond acceptors (Lipinski definition) is 5. The van der Waals surface area contributed by atoms with Crippen molar-refractivity contribution < 1.29 is 23.5 Å². The largest absolute Gasteiger partial charge is 0.494 e. The summed E-state index contributed by atoms with van der Waals surface area (Å²) in [5, 5.41) is 5.53. The Morgan fingerprint density at radius 1 is 0.966 bits per heavy atom. The Balaban J connectivity index is 1.73. The first-order chi connectivity index (χ1) is 14.0. The minimum Gasteiger partial charge on any atom is -0.494 e. The van der Waals surface area contributed by atoms with Crippen molar-refractivity contribution in [3.63, 3.8) is 0 Å². The molecule has 0 unspecified atom stereocenters. The van der Waals surface area contributed by atoms with E-state index in [1.54, 1.807) is 54.6 Å². The molecule has 7 heteroatoms. The van der Waals surface area contributed by atoms with Crippen molar-refractivity contribution in [3.05, 3.63) is 72.2 Å². The zero-order chi connectivity index (χ0) is 20.8. The molecule has 1 aromatic heterocycles. The Hall–Kier alpha value is -3.74. The van der Waals surface area contributed by atoms with Crippen molar-refractivity contribution in [1.29, 1.82) is 0 Å². The summed E-state index contributed by atoms with van der Waals surface area (Å²) < 4.78 is 16.0. The lowest BCUT2D eigenvalue weighted by Crippen LogP contribution is -2.14. The summed E-state index contributed by atoms with van der Waals surface area (Å²) in [6.07, 6.45) is 1.44. The number of nitrogens with one attached hydrogen (secondary N) is 2. The maximum atomic E-state index is 12.6. The quantitative estimate of drug-likeness (QED) is 0.612. The number of furan rings is 1. The SMILES string of the molecule is COc1cc(NC(=O)c2cccc(OC(C)C)c2)ccc1NC(=O)c1ccco1. The number of benzene rings is 2. The monoisotopic (exact) mass is 394 g/mol.